The molecule has 25 heavy (non-hydrogen) atoms. The summed E-state index contributed by atoms with van der Waals surface area (Å²) < 4.78 is 5.39. The summed E-state index contributed by atoms with van der Waals surface area (Å²) >= 11 is 0. The molecule has 0 radical (unpaired) electrons. The summed E-state index contributed by atoms with van der Waals surface area (Å²) in [6.07, 6.45) is 1.58. The number of H-pyrrole nitrogens is 1. The van der Waals surface area contributed by atoms with Crippen LogP contribution >= 0.6 is 0 Å². The van der Waals surface area contributed by atoms with E-state index in [9.17, 15) is 9.59 Å². The average molecular weight is 338 g/mol. The lowest BCUT2D eigenvalue weighted by atomic mass is 9.94. The zero-order valence-electron chi connectivity index (χ0n) is 14.7. The first-order chi connectivity index (χ1) is 11.8. The van der Waals surface area contributed by atoms with Crippen molar-refractivity contribution in [3.05, 3.63) is 70.4 Å². The number of nitrogens with zero attached hydrogens (tertiary/aromatic N) is 1. The number of carbonyl (C=O) groups excluding carboxylic acids is 1. The summed E-state index contributed by atoms with van der Waals surface area (Å²) in [4.78, 5) is 29.8. The van der Waals surface area contributed by atoms with Gasteiger partial charge in [-0.1, -0.05) is 39.0 Å². The molecule has 0 aliphatic heterocycles. The van der Waals surface area contributed by atoms with Crippen molar-refractivity contribution >= 4 is 16.8 Å². The highest BCUT2D eigenvalue weighted by Gasteiger charge is 2.28. The third-order valence-corrected chi connectivity index (χ3v) is 4.05. The Balaban J connectivity index is 1.95. The van der Waals surface area contributed by atoms with E-state index >= 15 is 0 Å². The highest BCUT2D eigenvalue weighted by molar-refractivity contribution is 5.82. The molecule has 0 atom stereocenters. The molecule has 1 aromatic carbocycles. The Bertz CT molecular complexity index is 933. The summed E-state index contributed by atoms with van der Waals surface area (Å²) in [5, 5.41) is 0.943. The van der Waals surface area contributed by atoms with Crippen LogP contribution in [-0.4, -0.2) is 15.8 Å². The Morgan fingerprint density at radius 2 is 1.88 bits per heavy atom. The van der Waals surface area contributed by atoms with E-state index in [2.05, 4.69) is 4.98 Å². The summed E-state index contributed by atoms with van der Waals surface area (Å²) in [6, 6.07) is 13.1. The molecule has 2 aromatic heterocycles. The van der Waals surface area contributed by atoms with E-state index in [1.807, 2.05) is 57.2 Å². The smallest absolute Gasteiger partial charge is 0.253 e. The molecule has 0 aliphatic rings. The predicted molar refractivity (Wildman–Crippen MR) is 97.0 cm³/mol. The third-order valence-electron chi connectivity index (χ3n) is 4.05. The van der Waals surface area contributed by atoms with Crippen molar-refractivity contribution in [1.29, 1.82) is 0 Å². The molecule has 0 bridgehead atoms. The molecule has 1 amide bonds. The second-order valence-corrected chi connectivity index (χ2v) is 7.20. The monoisotopic (exact) mass is 338 g/mol. The molecular weight excluding hydrogens is 316 g/mol. The first-order valence-electron chi connectivity index (χ1n) is 8.27. The van der Waals surface area contributed by atoms with Gasteiger partial charge in [-0.2, -0.15) is 0 Å². The van der Waals surface area contributed by atoms with Gasteiger partial charge in [-0.25, -0.2) is 0 Å². The van der Waals surface area contributed by atoms with Crippen LogP contribution in [0.5, 0.6) is 0 Å². The van der Waals surface area contributed by atoms with Crippen molar-refractivity contribution in [3.8, 4) is 0 Å². The van der Waals surface area contributed by atoms with E-state index < -0.39 is 5.41 Å². The maximum absolute atomic E-state index is 12.8. The van der Waals surface area contributed by atoms with Gasteiger partial charge in [0.05, 0.1) is 19.4 Å². The van der Waals surface area contributed by atoms with Crippen LogP contribution in [0.3, 0.4) is 0 Å². The van der Waals surface area contributed by atoms with Gasteiger partial charge in [0.15, 0.2) is 0 Å². The Labute approximate surface area is 146 Å². The number of pyridine rings is 1. The highest BCUT2D eigenvalue weighted by atomic mass is 16.3. The van der Waals surface area contributed by atoms with Gasteiger partial charge in [0.1, 0.15) is 5.76 Å². The molecule has 5 heteroatoms. The number of rotatable bonds is 4. The standard InChI is InChI=1S/C20H22N2O3/c1-20(2,3)19(24)22(13-16-8-6-10-25-16)12-15-11-14-7-4-5-9-17(14)21-18(15)23/h4-11H,12-13H2,1-3H3,(H,21,23). The van der Waals surface area contributed by atoms with Crippen molar-refractivity contribution in [3.63, 3.8) is 0 Å². The molecule has 0 aliphatic carbocycles. The molecule has 130 valence electrons. The molecule has 5 nitrogen and oxygen atoms in total. The second kappa shape index (κ2) is 6.59. The highest BCUT2D eigenvalue weighted by Crippen LogP contribution is 2.21. The van der Waals surface area contributed by atoms with Crippen LogP contribution in [0.4, 0.5) is 0 Å². The SMILES string of the molecule is CC(C)(C)C(=O)N(Cc1ccco1)Cc1cc2ccccc2[nH]c1=O. The Hall–Kier alpha value is -2.82. The van der Waals surface area contributed by atoms with E-state index in [1.54, 1.807) is 17.2 Å². The number of nitrogens with one attached hydrogen (secondary N) is 1. The quantitative estimate of drug-likeness (QED) is 0.789. The maximum Gasteiger partial charge on any atom is 0.253 e. The average Bonchev–Trinajstić information content (AvgIpc) is 3.06. The van der Waals surface area contributed by atoms with Crippen molar-refractivity contribution in [2.24, 2.45) is 5.41 Å². The largest absolute Gasteiger partial charge is 0.467 e. The minimum Gasteiger partial charge on any atom is -0.467 e. The van der Waals surface area contributed by atoms with Gasteiger partial charge in [-0.15, -0.1) is 0 Å². The molecule has 0 saturated carbocycles. The molecule has 3 rings (SSSR count). The van der Waals surface area contributed by atoms with Gasteiger partial charge in [0, 0.05) is 16.5 Å². The number of para-hydroxylation sites is 1. The number of benzene rings is 1. The van der Waals surface area contributed by atoms with Crippen molar-refractivity contribution in [1.82, 2.24) is 9.88 Å². The molecule has 2 heterocycles. The van der Waals surface area contributed by atoms with Crippen LogP contribution in [0, 0.1) is 5.41 Å². The molecular formula is C20H22N2O3. The molecule has 1 N–H and O–H groups in total. The van der Waals surface area contributed by atoms with Crippen molar-refractivity contribution < 1.29 is 9.21 Å². The molecule has 0 fully saturated rings. The normalized spacial score (nSPS) is 11.6. The van der Waals surface area contributed by atoms with Crippen LogP contribution in [0.1, 0.15) is 32.1 Å². The number of hydrogen-bond acceptors (Lipinski definition) is 3. The van der Waals surface area contributed by atoms with E-state index in [1.165, 1.54) is 0 Å². The van der Waals surface area contributed by atoms with Gasteiger partial charge >= 0.3 is 0 Å². The molecule has 0 spiro atoms. The zero-order valence-corrected chi connectivity index (χ0v) is 14.7. The summed E-state index contributed by atoms with van der Waals surface area (Å²) in [6.45, 7) is 6.17. The van der Waals surface area contributed by atoms with Gasteiger partial charge in [0.2, 0.25) is 5.91 Å². The van der Waals surface area contributed by atoms with Crippen LogP contribution in [0.25, 0.3) is 10.9 Å². The van der Waals surface area contributed by atoms with Gasteiger partial charge < -0.3 is 14.3 Å². The minimum atomic E-state index is -0.545. The number of aromatic amines is 1. The lowest BCUT2D eigenvalue weighted by Gasteiger charge is -2.28. The summed E-state index contributed by atoms with van der Waals surface area (Å²) in [5.74, 6) is 0.659. The Morgan fingerprint density at radius 3 is 2.56 bits per heavy atom. The predicted octanol–water partition coefficient (Wildman–Crippen LogP) is 3.70. The topological polar surface area (TPSA) is 66.3 Å². The Morgan fingerprint density at radius 1 is 1.12 bits per heavy atom. The van der Waals surface area contributed by atoms with E-state index in [4.69, 9.17) is 4.42 Å². The van der Waals surface area contributed by atoms with E-state index in [0.717, 1.165) is 10.9 Å². The number of amides is 1. The summed E-state index contributed by atoms with van der Waals surface area (Å²) in [7, 11) is 0. The fourth-order valence-electron chi connectivity index (χ4n) is 2.78. The molecule has 3 aromatic rings. The number of furan rings is 1. The summed E-state index contributed by atoms with van der Waals surface area (Å²) in [5.41, 5.74) is 0.625. The maximum atomic E-state index is 12.8. The van der Waals surface area contributed by atoms with Gasteiger partial charge in [-0.05, 0) is 29.7 Å². The fraction of sp³-hybridized carbons (Fsp3) is 0.300. The number of hydrogen-bond donors (Lipinski definition) is 1. The van der Waals surface area contributed by atoms with Crippen LogP contribution in [0.15, 0.2) is 57.9 Å². The lowest BCUT2D eigenvalue weighted by Crippen LogP contribution is -2.39. The van der Waals surface area contributed by atoms with Crippen LogP contribution in [0.2, 0.25) is 0 Å². The zero-order chi connectivity index (χ0) is 18.0. The molecule has 0 saturated heterocycles. The Kier molecular flexibility index (Phi) is 4.49. The number of aromatic nitrogens is 1. The fourth-order valence-corrected chi connectivity index (χ4v) is 2.78. The van der Waals surface area contributed by atoms with Crippen molar-refractivity contribution in [2.45, 2.75) is 33.9 Å². The number of carbonyl (C=O) groups is 1. The third kappa shape index (κ3) is 3.82. The van der Waals surface area contributed by atoms with Crippen LogP contribution < -0.4 is 5.56 Å². The van der Waals surface area contributed by atoms with E-state index in [-0.39, 0.29) is 18.0 Å². The van der Waals surface area contributed by atoms with E-state index in [0.29, 0.717) is 17.9 Å². The lowest BCUT2D eigenvalue weighted by molar-refractivity contribution is -0.141. The van der Waals surface area contributed by atoms with Gasteiger partial charge in [0.25, 0.3) is 5.56 Å². The molecule has 0 unspecified atom stereocenters. The minimum absolute atomic E-state index is 0.0311. The number of fused-ring (bicyclic) bond motifs is 1. The second-order valence-electron chi connectivity index (χ2n) is 7.20. The first kappa shape index (κ1) is 17.0. The van der Waals surface area contributed by atoms with Gasteiger partial charge in [-0.3, -0.25) is 9.59 Å². The van der Waals surface area contributed by atoms with Crippen LogP contribution in [-0.2, 0) is 17.9 Å². The van der Waals surface area contributed by atoms with Crippen molar-refractivity contribution in [2.75, 3.05) is 0 Å². The first-order valence-corrected chi connectivity index (χ1v) is 8.27.